The lowest BCUT2D eigenvalue weighted by Crippen LogP contribution is -2.32. The molecule has 1 rings (SSSR count). The molecule has 6 heteroatoms. The molecule has 0 aliphatic carbocycles. The van der Waals surface area contributed by atoms with Gasteiger partial charge in [-0.3, -0.25) is 0 Å². The highest BCUT2D eigenvalue weighted by atomic mass is 19.1. The smallest absolute Gasteiger partial charge is 0.408 e. The van der Waals surface area contributed by atoms with Crippen molar-refractivity contribution in [3.8, 4) is 11.8 Å². The Morgan fingerprint density at radius 2 is 2.05 bits per heavy atom. The van der Waals surface area contributed by atoms with Crippen molar-refractivity contribution in [2.45, 2.75) is 26.4 Å². The van der Waals surface area contributed by atoms with E-state index in [0.29, 0.717) is 6.07 Å². The van der Waals surface area contributed by atoms with Crippen LogP contribution in [0.4, 0.5) is 19.3 Å². The maximum absolute atomic E-state index is 13.1. The van der Waals surface area contributed by atoms with Crippen molar-refractivity contribution in [1.82, 2.24) is 5.32 Å². The Morgan fingerprint density at radius 1 is 1.40 bits per heavy atom. The van der Waals surface area contributed by atoms with Crippen LogP contribution in [0.15, 0.2) is 12.1 Å². The second-order valence-corrected chi connectivity index (χ2v) is 5.01. The molecule has 0 atom stereocenters. The molecule has 108 valence electrons. The van der Waals surface area contributed by atoms with E-state index in [2.05, 4.69) is 17.2 Å². The maximum atomic E-state index is 13.1. The first-order chi connectivity index (χ1) is 9.19. The van der Waals surface area contributed by atoms with Crippen molar-refractivity contribution >= 4 is 11.8 Å². The number of nitrogens with two attached hydrogens (primary N) is 1. The van der Waals surface area contributed by atoms with Gasteiger partial charge < -0.3 is 15.8 Å². The van der Waals surface area contributed by atoms with Gasteiger partial charge >= 0.3 is 6.09 Å². The lowest BCUT2D eigenvalue weighted by atomic mass is 10.1. The van der Waals surface area contributed by atoms with E-state index in [1.807, 2.05) is 0 Å². The van der Waals surface area contributed by atoms with E-state index in [-0.39, 0.29) is 17.8 Å². The summed E-state index contributed by atoms with van der Waals surface area (Å²) in [7, 11) is 0. The van der Waals surface area contributed by atoms with Crippen LogP contribution in [0.5, 0.6) is 0 Å². The molecule has 0 saturated carbocycles. The number of halogens is 2. The highest BCUT2D eigenvalue weighted by Crippen LogP contribution is 2.16. The summed E-state index contributed by atoms with van der Waals surface area (Å²) in [6, 6.07) is 1.71. The zero-order valence-electron chi connectivity index (χ0n) is 11.5. The van der Waals surface area contributed by atoms with E-state index in [9.17, 15) is 13.6 Å². The van der Waals surface area contributed by atoms with E-state index in [1.165, 1.54) is 0 Å². The molecule has 20 heavy (non-hydrogen) atoms. The Labute approximate surface area is 116 Å². The summed E-state index contributed by atoms with van der Waals surface area (Å²) < 4.78 is 31.1. The predicted molar refractivity (Wildman–Crippen MR) is 71.9 cm³/mol. The van der Waals surface area contributed by atoms with E-state index in [0.717, 1.165) is 6.07 Å². The van der Waals surface area contributed by atoms with Crippen molar-refractivity contribution < 1.29 is 18.3 Å². The summed E-state index contributed by atoms with van der Waals surface area (Å²) in [5, 5.41) is 2.40. The lowest BCUT2D eigenvalue weighted by Gasteiger charge is -2.19. The monoisotopic (exact) mass is 282 g/mol. The Hall–Kier alpha value is -2.29. The Bertz CT molecular complexity index is 569. The molecule has 0 spiro atoms. The molecule has 1 aromatic rings. The number of anilines is 1. The predicted octanol–water partition coefficient (Wildman–Crippen LogP) is 2.42. The molecule has 0 aliphatic rings. The van der Waals surface area contributed by atoms with E-state index < -0.39 is 23.3 Å². The number of benzene rings is 1. The fraction of sp³-hybridized carbons (Fsp3) is 0.357. The van der Waals surface area contributed by atoms with Gasteiger partial charge in [-0.15, -0.1) is 0 Å². The molecule has 0 bridgehead atoms. The maximum Gasteiger partial charge on any atom is 0.408 e. The van der Waals surface area contributed by atoms with Crippen LogP contribution in [0.3, 0.4) is 0 Å². The van der Waals surface area contributed by atoms with Gasteiger partial charge in [-0.2, -0.15) is 0 Å². The second kappa shape index (κ2) is 6.24. The van der Waals surface area contributed by atoms with Gasteiger partial charge in [-0.1, -0.05) is 11.8 Å². The van der Waals surface area contributed by atoms with Crippen LogP contribution >= 0.6 is 0 Å². The summed E-state index contributed by atoms with van der Waals surface area (Å²) >= 11 is 0. The van der Waals surface area contributed by atoms with Crippen LogP contribution in [0.1, 0.15) is 26.3 Å². The number of alkyl carbamates (subject to hydrolysis) is 1. The molecular formula is C14H16F2N2O2. The highest BCUT2D eigenvalue weighted by molar-refractivity contribution is 5.68. The number of ether oxygens (including phenoxy) is 1. The average Bonchev–Trinajstić information content (AvgIpc) is 2.28. The number of carbonyl (C=O) groups excluding carboxylic acids is 1. The van der Waals surface area contributed by atoms with Crippen LogP contribution in [0, 0.1) is 23.5 Å². The zero-order chi connectivity index (χ0) is 15.3. The van der Waals surface area contributed by atoms with Crippen molar-refractivity contribution in [3.05, 3.63) is 29.3 Å². The van der Waals surface area contributed by atoms with Gasteiger partial charge in [0.05, 0.1) is 17.8 Å². The van der Waals surface area contributed by atoms with Gasteiger partial charge in [0.25, 0.3) is 0 Å². The molecule has 1 aromatic carbocycles. The van der Waals surface area contributed by atoms with Crippen molar-refractivity contribution in [3.63, 3.8) is 0 Å². The van der Waals surface area contributed by atoms with Crippen molar-refractivity contribution in [2.75, 3.05) is 12.3 Å². The van der Waals surface area contributed by atoms with E-state index in [1.54, 1.807) is 20.8 Å². The molecule has 4 nitrogen and oxygen atoms in total. The van der Waals surface area contributed by atoms with Crippen LogP contribution in [0.25, 0.3) is 0 Å². The van der Waals surface area contributed by atoms with Gasteiger partial charge in [-0.05, 0) is 26.8 Å². The third-order valence-corrected chi connectivity index (χ3v) is 2.04. The Kier molecular flexibility index (Phi) is 4.92. The highest BCUT2D eigenvalue weighted by Gasteiger charge is 2.15. The second-order valence-electron chi connectivity index (χ2n) is 5.01. The Morgan fingerprint density at radius 3 is 2.65 bits per heavy atom. The van der Waals surface area contributed by atoms with Crippen molar-refractivity contribution in [1.29, 1.82) is 0 Å². The Balaban J connectivity index is 2.62. The number of amides is 1. The minimum Gasteiger partial charge on any atom is -0.444 e. The fourth-order valence-corrected chi connectivity index (χ4v) is 1.26. The number of hydrogen-bond donors (Lipinski definition) is 2. The largest absolute Gasteiger partial charge is 0.444 e. The number of hydrogen-bond acceptors (Lipinski definition) is 3. The standard InChI is InChI=1S/C14H16F2N2O2/c1-14(2,3)20-13(19)18-6-4-5-9-7-10(15)8-11(16)12(9)17/h7-8H,6,17H2,1-3H3,(H,18,19). The topological polar surface area (TPSA) is 64.3 Å². The molecule has 1 amide bonds. The summed E-state index contributed by atoms with van der Waals surface area (Å²) in [6.07, 6.45) is -0.620. The lowest BCUT2D eigenvalue weighted by molar-refractivity contribution is 0.0535. The zero-order valence-corrected chi connectivity index (χ0v) is 11.5. The molecule has 3 N–H and O–H groups in total. The third kappa shape index (κ3) is 5.14. The first-order valence-electron chi connectivity index (χ1n) is 5.89. The SMILES string of the molecule is CC(C)(C)OC(=O)NCC#Cc1cc(F)cc(F)c1N. The van der Waals surface area contributed by atoms with Crippen LogP contribution in [0.2, 0.25) is 0 Å². The normalized spacial score (nSPS) is 10.4. The van der Waals surface area contributed by atoms with Gasteiger partial charge in [0.1, 0.15) is 17.2 Å². The van der Waals surface area contributed by atoms with Gasteiger partial charge in [0.2, 0.25) is 0 Å². The summed E-state index contributed by atoms with van der Waals surface area (Å²) in [5.41, 5.74) is 4.63. The summed E-state index contributed by atoms with van der Waals surface area (Å²) in [4.78, 5) is 11.3. The van der Waals surface area contributed by atoms with Crippen LogP contribution < -0.4 is 11.1 Å². The number of rotatable bonds is 1. The number of nitrogen functional groups attached to an aromatic ring is 1. The summed E-state index contributed by atoms with van der Waals surface area (Å²) in [6.45, 7) is 5.17. The number of carbonyl (C=O) groups is 1. The molecule has 0 aliphatic heterocycles. The van der Waals surface area contributed by atoms with Gasteiger partial charge in [-0.25, -0.2) is 13.6 Å². The van der Waals surface area contributed by atoms with Crippen molar-refractivity contribution in [2.24, 2.45) is 0 Å². The number of nitrogens with one attached hydrogen (secondary N) is 1. The van der Waals surface area contributed by atoms with E-state index in [4.69, 9.17) is 10.5 Å². The van der Waals surface area contributed by atoms with E-state index >= 15 is 0 Å². The van der Waals surface area contributed by atoms with Gasteiger partial charge in [0.15, 0.2) is 0 Å². The molecule has 0 aromatic heterocycles. The first-order valence-corrected chi connectivity index (χ1v) is 5.89. The van der Waals surface area contributed by atoms with Crippen LogP contribution in [-0.2, 0) is 4.74 Å². The minimum absolute atomic E-state index is 0.0213. The van der Waals surface area contributed by atoms with Gasteiger partial charge in [0, 0.05) is 6.07 Å². The fourth-order valence-electron chi connectivity index (χ4n) is 1.26. The molecule has 0 saturated heterocycles. The first kappa shape index (κ1) is 15.8. The molecule has 0 unspecified atom stereocenters. The molecule has 0 radical (unpaired) electrons. The quantitative estimate of drug-likeness (QED) is 0.614. The summed E-state index contributed by atoms with van der Waals surface area (Å²) in [5.74, 6) is 3.40. The molecular weight excluding hydrogens is 266 g/mol. The molecule has 0 fully saturated rings. The average molecular weight is 282 g/mol. The minimum atomic E-state index is -0.866. The molecule has 0 heterocycles. The van der Waals surface area contributed by atoms with Crippen LogP contribution in [-0.4, -0.2) is 18.2 Å². The third-order valence-electron chi connectivity index (χ3n) is 2.04.